The van der Waals surface area contributed by atoms with E-state index < -0.39 is 58.3 Å². The van der Waals surface area contributed by atoms with Gasteiger partial charge in [0.1, 0.15) is 0 Å². The van der Waals surface area contributed by atoms with Crippen LogP contribution in [0.4, 0.5) is 13.2 Å². The Morgan fingerprint density at radius 3 is 2.07 bits per heavy atom. The smallest absolute Gasteiger partial charge is 0.457 e. The number of esters is 2. The molecule has 0 saturated carbocycles. The van der Waals surface area contributed by atoms with Crippen LogP contribution in [0.1, 0.15) is 20.8 Å². The molecule has 0 aromatic rings. The van der Waals surface area contributed by atoms with Crippen LogP contribution in [0.25, 0.3) is 0 Å². The van der Waals surface area contributed by atoms with Gasteiger partial charge in [0.2, 0.25) is 0 Å². The Bertz CT molecular complexity index is 661. The van der Waals surface area contributed by atoms with Crippen molar-refractivity contribution in [1.82, 2.24) is 0 Å². The maximum absolute atomic E-state index is 12.8. The van der Waals surface area contributed by atoms with E-state index in [1.165, 1.54) is 13.0 Å². The second-order valence-electron chi connectivity index (χ2n) is 5.44. The molecule has 1 fully saturated rings. The zero-order valence-corrected chi connectivity index (χ0v) is 15.4. The summed E-state index contributed by atoms with van der Waals surface area (Å²) >= 11 is 0. The highest BCUT2D eigenvalue weighted by molar-refractivity contribution is 7.87. The fraction of sp³-hybridized carbons (Fsp3) is 0.714. The van der Waals surface area contributed by atoms with Crippen molar-refractivity contribution in [3.63, 3.8) is 0 Å². The van der Waals surface area contributed by atoms with Crippen molar-refractivity contribution in [3.05, 3.63) is 12.7 Å². The van der Waals surface area contributed by atoms with Gasteiger partial charge in [-0.25, -0.2) is 0 Å². The normalized spacial score (nSPS) is 29.0. The van der Waals surface area contributed by atoms with Crippen LogP contribution in [0, 0.1) is 0 Å². The fourth-order valence-corrected chi connectivity index (χ4v) is 2.87. The number of halogens is 3. The highest BCUT2D eigenvalue weighted by Crippen LogP contribution is 2.34. The molecule has 0 aliphatic carbocycles. The van der Waals surface area contributed by atoms with Crippen molar-refractivity contribution in [1.29, 1.82) is 0 Å². The number of alkyl halides is 3. The van der Waals surface area contributed by atoms with Crippen molar-refractivity contribution in [2.24, 2.45) is 0 Å². The van der Waals surface area contributed by atoms with E-state index in [0.29, 0.717) is 0 Å². The molecule has 0 N–H and O–H groups in total. The molecule has 1 aliphatic rings. The minimum absolute atomic E-state index is 0.161. The van der Waals surface area contributed by atoms with Gasteiger partial charge in [0.25, 0.3) is 0 Å². The summed E-state index contributed by atoms with van der Waals surface area (Å²) in [5, 5.41) is 0. The third-order valence-corrected chi connectivity index (χ3v) is 4.27. The molecule has 0 spiro atoms. The van der Waals surface area contributed by atoms with E-state index in [2.05, 4.69) is 10.8 Å². The van der Waals surface area contributed by atoms with Gasteiger partial charge in [-0.05, 0) is 6.92 Å². The molecule has 1 heterocycles. The number of carbonyl (C=O) groups excluding carboxylic acids is 2. The van der Waals surface area contributed by atoms with Gasteiger partial charge < -0.3 is 18.9 Å². The Morgan fingerprint density at radius 1 is 1.11 bits per heavy atom. The van der Waals surface area contributed by atoms with E-state index in [1.807, 2.05) is 0 Å². The van der Waals surface area contributed by atoms with Gasteiger partial charge >= 0.3 is 27.6 Å². The molecule has 0 aromatic carbocycles. The lowest BCUT2D eigenvalue weighted by Crippen LogP contribution is -2.61. The number of hydrogen-bond acceptors (Lipinski definition) is 9. The second-order valence-corrected chi connectivity index (χ2v) is 7.00. The van der Waals surface area contributed by atoms with E-state index in [-0.39, 0.29) is 6.61 Å². The SMILES string of the molecule is C=CCO[C@H]1O[C@H](C)[C@H](OC(C)=O)[C@H](OS(=O)(=O)C(F)(F)F)[C@H]1OC(C)=O. The van der Waals surface area contributed by atoms with E-state index in [9.17, 15) is 31.2 Å². The largest absolute Gasteiger partial charge is 0.523 e. The van der Waals surface area contributed by atoms with Crippen LogP contribution in [0.15, 0.2) is 12.7 Å². The van der Waals surface area contributed by atoms with Gasteiger partial charge in [0.05, 0.1) is 12.7 Å². The summed E-state index contributed by atoms with van der Waals surface area (Å²) in [7, 11) is -6.12. The Hall–Kier alpha value is -1.70. The van der Waals surface area contributed by atoms with E-state index in [4.69, 9.17) is 18.9 Å². The Balaban J connectivity index is 3.35. The maximum atomic E-state index is 12.8. The first-order valence-corrected chi connectivity index (χ1v) is 8.93. The van der Waals surface area contributed by atoms with Crippen molar-refractivity contribution in [2.75, 3.05) is 6.61 Å². The summed E-state index contributed by atoms with van der Waals surface area (Å²) in [6.07, 6.45) is -6.85. The van der Waals surface area contributed by atoms with Gasteiger partial charge in [-0.2, -0.15) is 21.6 Å². The van der Waals surface area contributed by atoms with Gasteiger partial charge in [0, 0.05) is 13.8 Å². The second kappa shape index (κ2) is 8.99. The average molecular weight is 420 g/mol. The molecule has 0 amide bonds. The first-order valence-electron chi connectivity index (χ1n) is 7.52. The van der Waals surface area contributed by atoms with Crippen LogP contribution in [-0.2, 0) is 42.8 Å². The molecule has 27 heavy (non-hydrogen) atoms. The van der Waals surface area contributed by atoms with E-state index >= 15 is 0 Å². The lowest BCUT2D eigenvalue weighted by molar-refractivity contribution is -0.292. The van der Waals surface area contributed by atoms with Crippen LogP contribution in [0.3, 0.4) is 0 Å². The highest BCUT2D eigenvalue weighted by Gasteiger charge is 2.56. The number of hydrogen-bond donors (Lipinski definition) is 0. The zero-order valence-electron chi connectivity index (χ0n) is 14.6. The minimum Gasteiger partial charge on any atom is -0.457 e. The standard InChI is InChI=1S/C14H19F3O9S/c1-5-6-22-13-12(25-9(4)19)11(26-27(20,21)14(15,16)17)10(7(2)23-13)24-8(3)18/h5,7,10-13H,1,6H2,2-4H3/t7-,10+,11+,12-,13+/m1/s1. The summed E-state index contributed by atoms with van der Waals surface area (Å²) in [5.41, 5.74) is -5.76. The van der Waals surface area contributed by atoms with Gasteiger partial charge in [-0.3, -0.25) is 13.8 Å². The van der Waals surface area contributed by atoms with Crippen molar-refractivity contribution in [2.45, 2.75) is 57.0 Å². The van der Waals surface area contributed by atoms with Crippen molar-refractivity contribution in [3.8, 4) is 0 Å². The summed E-state index contributed by atoms with van der Waals surface area (Å²) in [6.45, 7) is 6.39. The lowest BCUT2D eigenvalue weighted by atomic mass is 9.99. The predicted octanol–water partition coefficient (Wildman–Crippen LogP) is 1.03. The third kappa shape index (κ3) is 6.16. The lowest BCUT2D eigenvalue weighted by Gasteiger charge is -2.43. The van der Waals surface area contributed by atoms with Gasteiger partial charge in [-0.15, -0.1) is 6.58 Å². The quantitative estimate of drug-likeness (QED) is 0.258. The number of carbonyl (C=O) groups is 2. The van der Waals surface area contributed by atoms with Gasteiger partial charge in [-0.1, -0.05) is 6.08 Å². The zero-order chi connectivity index (χ0) is 21.0. The topological polar surface area (TPSA) is 114 Å². The molecule has 13 heteroatoms. The first-order chi connectivity index (χ1) is 12.3. The maximum Gasteiger partial charge on any atom is 0.523 e. The predicted molar refractivity (Wildman–Crippen MR) is 81.4 cm³/mol. The highest BCUT2D eigenvalue weighted by atomic mass is 32.2. The Labute approximate surface area is 153 Å². The molecular weight excluding hydrogens is 401 g/mol. The first kappa shape index (κ1) is 23.3. The molecule has 156 valence electrons. The molecule has 1 aliphatic heterocycles. The minimum atomic E-state index is -6.12. The third-order valence-electron chi connectivity index (χ3n) is 3.23. The molecule has 0 bridgehead atoms. The number of ether oxygens (including phenoxy) is 4. The molecule has 0 aromatic heterocycles. The average Bonchev–Trinajstić information content (AvgIpc) is 2.49. The molecule has 1 rings (SSSR count). The van der Waals surface area contributed by atoms with Crippen LogP contribution >= 0.6 is 0 Å². The molecule has 0 unspecified atom stereocenters. The van der Waals surface area contributed by atoms with E-state index in [0.717, 1.165) is 13.8 Å². The summed E-state index contributed by atoms with van der Waals surface area (Å²) in [5.74, 6) is -1.93. The summed E-state index contributed by atoms with van der Waals surface area (Å²) in [6, 6.07) is 0. The number of rotatable bonds is 7. The molecular formula is C14H19F3O9S. The van der Waals surface area contributed by atoms with Crippen LogP contribution in [0.2, 0.25) is 0 Å². The fourth-order valence-electron chi connectivity index (χ4n) is 2.25. The monoisotopic (exact) mass is 420 g/mol. The van der Waals surface area contributed by atoms with Crippen LogP contribution < -0.4 is 0 Å². The summed E-state index contributed by atoms with van der Waals surface area (Å²) < 4.78 is 85.8. The van der Waals surface area contributed by atoms with Crippen LogP contribution in [-0.4, -0.2) is 63.2 Å². The van der Waals surface area contributed by atoms with Gasteiger partial charge in [0.15, 0.2) is 24.6 Å². The Kier molecular flexibility index (Phi) is 7.77. The van der Waals surface area contributed by atoms with Crippen molar-refractivity contribution < 1.29 is 54.3 Å². The van der Waals surface area contributed by atoms with Crippen LogP contribution in [0.5, 0.6) is 0 Å². The molecule has 5 atom stereocenters. The van der Waals surface area contributed by atoms with Crippen molar-refractivity contribution >= 4 is 22.1 Å². The molecule has 1 saturated heterocycles. The van der Waals surface area contributed by atoms with E-state index in [1.54, 1.807) is 0 Å². The summed E-state index contributed by atoms with van der Waals surface area (Å²) in [4.78, 5) is 22.7. The molecule has 9 nitrogen and oxygen atoms in total. The Morgan fingerprint density at radius 2 is 1.63 bits per heavy atom. The molecule has 0 radical (unpaired) electrons.